The van der Waals surface area contributed by atoms with E-state index in [0.717, 1.165) is 54.4 Å². The predicted molar refractivity (Wildman–Crippen MR) is 123 cm³/mol. The minimum absolute atomic E-state index is 0.745. The van der Waals surface area contributed by atoms with Crippen LogP contribution in [0.3, 0.4) is 0 Å². The Morgan fingerprint density at radius 3 is 2.32 bits per heavy atom. The number of para-hydroxylation sites is 1. The maximum atomic E-state index is 4.60. The van der Waals surface area contributed by atoms with Gasteiger partial charge in [0.2, 0.25) is 0 Å². The molecule has 5 rings (SSSR count). The molecule has 31 heavy (non-hydrogen) atoms. The Morgan fingerprint density at radius 1 is 0.806 bits per heavy atom. The SMILES string of the molecule is c1ccc(Cn2ccnc2CSc2nnc(CN3CCCC3)n2-c2ccccc2)cc1. The van der Waals surface area contributed by atoms with Crippen molar-refractivity contribution in [3.63, 3.8) is 0 Å². The van der Waals surface area contributed by atoms with E-state index in [1.807, 2.05) is 24.5 Å². The van der Waals surface area contributed by atoms with Gasteiger partial charge in [-0.25, -0.2) is 4.98 Å². The second-order valence-electron chi connectivity index (χ2n) is 7.80. The second kappa shape index (κ2) is 9.49. The van der Waals surface area contributed by atoms with Gasteiger partial charge in [-0.3, -0.25) is 9.47 Å². The maximum absolute atomic E-state index is 4.60. The van der Waals surface area contributed by atoms with Crippen LogP contribution in [0.4, 0.5) is 0 Å². The zero-order valence-electron chi connectivity index (χ0n) is 17.5. The molecule has 0 unspecified atom stereocenters. The van der Waals surface area contributed by atoms with Crippen molar-refractivity contribution in [2.75, 3.05) is 13.1 Å². The largest absolute Gasteiger partial charge is 0.330 e. The van der Waals surface area contributed by atoms with E-state index in [1.54, 1.807) is 11.8 Å². The average Bonchev–Trinajstić information content (AvgIpc) is 3.56. The molecule has 2 aromatic carbocycles. The summed E-state index contributed by atoms with van der Waals surface area (Å²) in [6, 6.07) is 20.9. The van der Waals surface area contributed by atoms with Crippen LogP contribution in [0.1, 0.15) is 30.1 Å². The Labute approximate surface area is 187 Å². The summed E-state index contributed by atoms with van der Waals surface area (Å²) in [5, 5.41) is 10.0. The third-order valence-corrected chi connectivity index (χ3v) is 6.53. The van der Waals surface area contributed by atoms with Gasteiger partial charge in [-0.05, 0) is 43.6 Å². The van der Waals surface area contributed by atoms with Crippen LogP contribution in [0, 0.1) is 0 Å². The fourth-order valence-corrected chi connectivity index (χ4v) is 4.94. The third-order valence-electron chi connectivity index (χ3n) is 5.61. The smallest absolute Gasteiger partial charge is 0.196 e. The van der Waals surface area contributed by atoms with E-state index >= 15 is 0 Å². The van der Waals surface area contributed by atoms with Crippen LogP contribution in [0.25, 0.3) is 5.69 Å². The molecule has 0 radical (unpaired) electrons. The van der Waals surface area contributed by atoms with E-state index in [-0.39, 0.29) is 0 Å². The summed E-state index contributed by atoms with van der Waals surface area (Å²) in [6.45, 7) is 3.94. The number of rotatable bonds is 8. The van der Waals surface area contributed by atoms with E-state index in [4.69, 9.17) is 0 Å². The number of imidazole rings is 1. The van der Waals surface area contributed by atoms with Gasteiger partial charge in [0.25, 0.3) is 0 Å². The van der Waals surface area contributed by atoms with Gasteiger partial charge in [0.1, 0.15) is 5.82 Å². The van der Waals surface area contributed by atoms with Crippen molar-refractivity contribution in [1.82, 2.24) is 29.2 Å². The predicted octanol–water partition coefficient (Wildman–Crippen LogP) is 4.40. The van der Waals surface area contributed by atoms with Crippen LogP contribution in [-0.2, 0) is 18.8 Å². The van der Waals surface area contributed by atoms with Gasteiger partial charge in [0, 0.05) is 24.6 Å². The maximum Gasteiger partial charge on any atom is 0.196 e. The molecular weight excluding hydrogens is 404 g/mol. The number of hydrogen-bond acceptors (Lipinski definition) is 5. The molecule has 0 N–H and O–H groups in total. The fourth-order valence-electron chi connectivity index (χ4n) is 4.01. The molecule has 0 spiro atoms. The highest BCUT2D eigenvalue weighted by molar-refractivity contribution is 7.98. The molecule has 6 nitrogen and oxygen atoms in total. The number of thioether (sulfide) groups is 1. The molecule has 0 aliphatic carbocycles. The molecule has 158 valence electrons. The van der Waals surface area contributed by atoms with Crippen molar-refractivity contribution >= 4 is 11.8 Å². The summed E-state index contributed by atoms with van der Waals surface area (Å²) in [5.74, 6) is 2.79. The van der Waals surface area contributed by atoms with Crippen molar-refractivity contribution in [3.05, 3.63) is 90.3 Å². The Kier molecular flexibility index (Phi) is 6.13. The summed E-state index contributed by atoms with van der Waals surface area (Å²) >= 11 is 1.69. The van der Waals surface area contributed by atoms with Crippen LogP contribution >= 0.6 is 11.8 Å². The summed E-state index contributed by atoms with van der Waals surface area (Å²) in [5.41, 5.74) is 2.38. The third kappa shape index (κ3) is 4.73. The lowest BCUT2D eigenvalue weighted by molar-refractivity contribution is 0.319. The first-order chi connectivity index (χ1) is 15.4. The van der Waals surface area contributed by atoms with Gasteiger partial charge in [0.15, 0.2) is 11.0 Å². The average molecular weight is 431 g/mol. The van der Waals surface area contributed by atoms with E-state index in [0.29, 0.717) is 0 Å². The Balaban J connectivity index is 1.36. The lowest BCUT2D eigenvalue weighted by Gasteiger charge is -2.16. The first-order valence-electron chi connectivity index (χ1n) is 10.8. The van der Waals surface area contributed by atoms with Crippen LogP contribution in [0.5, 0.6) is 0 Å². The van der Waals surface area contributed by atoms with E-state index < -0.39 is 0 Å². The van der Waals surface area contributed by atoms with Crippen LogP contribution in [0.15, 0.2) is 78.2 Å². The first-order valence-corrected chi connectivity index (χ1v) is 11.7. The highest BCUT2D eigenvalue weighted by Crippen LogP contribution is 2.26. The number of likely N-dealkylation sites (tertiary alicyclic amines) is 1. The lowest BCUT2D eigenvalue weighted by Crippen LogP contribution is -2.21. The van der Waals surface area contributed by atoms with Gasteiger partial charge in [0.05, 0.1) is 12.3 Å². The van der Waals surface area contributed by atoms with E-state index in [1.165, 1.54) is 18.4 Å². The molecule has 1 aliphatic heterocycles. The molecular formula is C24H26N6S. The molecule has 0 amide bonds. The highest BCUT2D eigenvalue weighted by Gasteiger charge is 2.20. The Hall–Kier alpha value is -2.90. The van der Waals surface area contributed by atoms with Crippen molar-refractivity contribution in [1.29, 1.82) is 0 Å². The number of aromatic nitrogens is 5. The minimum Gasteiger partial charge on any atom is -0.330 e. The molecule has 1 fully saturated rings. The fraction of sp³-hybridized carbons (Fsp3) is 0.292. The lowest BCUT2D eigenvalue weighted by atomic mass is 10.2. The topological polar surface area (TPSA) is 51.8 Å². The van der Waals surface area contributed by atoms with Gasteiger partial charge >= 0.3 is 0 Å². The van der Waals surface area contributed by atoms with E-state index in [9.17, 15) is 0 Å². The number of hydrogen-bond donors (Lipinski definition) is 0. The summed E-state index contributed by atoms with van der Waals surface area (Å²) in [4.78, 5) is 7.06. The quantitative estimate of drug-likeness (QED) is 0.388. The first kappa shape index (κ1) is 20.0. The standard InChI is InChI=1S/C24H26N6S/c1-3-9-20(10-4-1)17-29-16-13-25-23(29)19-31-24-27-26-22(18-28-14-7-8-15-28)30(24)21-11-5-2-6-12-21/h1-6,9-13,16H,7-8,14-15,17-19H2. The zero-order chi connectivity index (χ0) is 20.9. The zero-order valence-corrected chi connectivity index (χ0v) is 18.3. The van der Waals surface area contributed by atoms with Crippen molar-refractivity contribution in [2.45, 2.75) is 36.8 Å². The van der Waals surface area contributed by atoms with Crippen LogP contribution in [-0.4, -0.2) is 42.3 Å². The summed E-state index contributed by atoms with van der Waals surface area (Å²) < 4.78 is 4.41. The second-order valence-corrected chi connectivity index (χ2v) is 8.74. The van der Waals surface area contributed by atoms with Crippen molar-refractivity contribution in [3.8, 4) is 5.69 Å². The van der Waals surface area contributed by atoms with Gasteiger partial charge < -0.3 is 4.57 Å². The van der Waals surface area contributed by atoms with Crippen LogP contribution in [0.2, 0.25) is 0 Å². The Morgan fingerprint density at radius 2 is 1.55 bits per heavy atom. The van der Waals surface area contributed by atoms with E-state index in [2.05, 4.69) is 77.7 Å². The molecule has 0 atom stereocenters. The molecule has 3 heterocycles. The van der Waals surface area contributed by atoms with Gasteiger partial charge in [-0.2, -0.15) is 0 Å². The van der Waals surface area contributed by atoms with Crippen LogP contribution < -0.4 is 0 Å². The molecule has 7 heteroatoms. The minimum atomic E-state index is 0.745. The van der Waals surface area contributed by atoms with Crippen molar-refractivity contribution < 1.29 is 0 Å². The van der Waals surface area contributed by atoms with Crippen molar-refractivity contribution in [2.24, 2.45) is 0 Å². The number of nitrogens with zero attached hydrogens (tertiary/aromatic N) is 6. The molecule has 1 aliphatic rings. The Bertz CT molecular complexity index is 1100. The monoisotopic (exact) mass is 430 g/mol. The molecule has 1 saturated heterocycles. The molecule has 0 saturated carbocycles. The normalized spacial score (nSPS) is 14.3. The number of benzene rings is 2. The molecule has 4 aromatic rings. The van der Waals surface area contributed by atoms with Gasteiger partial charge in [-0.1, -0.05) is 60.3 Å². The highest BCUT2D eigenvalue weighted by atomic mass is 32.2. The molecule has 2 aromatic heterocycles. The van der Waals surface area contributed by atoms with Gasteiger partial charge in [-0.15, -0.1) is 10.2 Å². The molecule has 0 bridgehead atoms. The summed E-state index contributed by atoms with van der Waals surface area (Å²) in [6.07, 6.45) is 6.46. The summed E-state index contributed by atoms with van der Waals surface area (Å²) in [7, 11) is 0.